The number of hydrogen-bond donors (Lipinski definition) is 0. The van der Waals surface area contributed by atoms with Gasteiger partial charge in [0.15, 0.2) is 5.82 Å². The number of benzene rings is 1. The van der Waals surface area contributed by atoms with Gasteiger partial charge in [0.25, 0.3) is 0 Å². The first-order valence-corrected chi connectivity index (χ1v) is 9.14. The van der Waals surface area contributed by atoms with E-state index in [0.29, 0.717) is 6.54 Å². The normalized spacial score (nSPS) is 19.3. The van der Waals surface area contributed by atoms with Crippen LogP contribution in [0.15, 0.2) is 24.3 Å². The fraction of sp³-hybridized carbons (Fsp3) is 0.471. The molecular weight excluding hydrogens is 308 g/mol. The monoisotopic (exact) mass is 328 g/mol. The number of aryl methyl sites for hydroxylation is 2. The second-order valence-corrected chi connectivity index (χ2v) is 7.39. The van der Waals surface area contributed by atoms with Gasteiger partial charge >= 0.3 is 0 Å². The van der Waals surface area contributed by atoms with Crippen molar-refractivity contribution < 1.29 is 4.79 Å². The van der Waals surface area contributed by atoms with E-state index < -0.39 is 0 Å². The van der Waals surface area contributed by atoms with Gasteiger partial charge < -0.3 is 9.47 Å². The fourth-order valence-electron chi connectivity index (χ4n) is 3.42. The Bertz CT molecular complexity index is 742. The molecule has 1 atom stereocenters. The standard InChI is InChI=1S/C17H20N4OS/c1-20(11-15-19-18-14-7-4-9-21(14)15)17(22)16-13-6-3-2-5-12(13)8-10-23-16/h2-3,5-6,16H,4,7-11H2,1H3. The van der Waals surface area contributed by atoms with E-state index in [1.54, 1.807) is 16.7 Å². The van der Waals surface area contributed by atoms with Gasteiger partial charge in [0, 0.05) is 20.0 Å². The molecule has 120 valence electrons. The fourth-order valence-corrected chi connectivity index (χ4v) is 4.72. The number of carbonyl (C=O) groups is 1. The summed E-state index contributed by atoms with van der Waals surface area (Å²) in [6, 6.07) is 8.31. The van der Waals surface area contributed by atoms with Gasteiger partial charge in [-0.05, 0) is 29.7 Å². The van der Waals surface area contributed by atoms with Crippen molar-refractivity contribution in [2.24, 2.45) is 0 Å². The average Bonchev–Trinajstić information content (AvgIpc) is 3.18. The highest BCUT2D eigenvalue weighted by atomic mass is 32.2. The molecule has 1 amide bonds. The molecule has 0 saturated heterocycles. The zero-order chi connectivity index (χ0) is 15.8. The maximum absolute atomic E-state index is 12.9. The molecule has 23 heavy (non-hydrogen) atoms. The number of hydrogen-bond acceptors (Lipinski definition) is 4. The number of carbonyl (C=O) groups excluding carboxylic acids is 1. The molecule has 0 bridgehead atoms. The zero-order valence-electron chi connectivity index (χ0n) is 13.2. The first-order chi connectivity index (χ1) is 11.2. The van der Waals surface area contributed by atoms with Crippen LogP contribution in [0.5, 0.6) is 0 Å². The summed E-state index contributed by atoms with van der Waals surface area (Å²) >= 11 is 1.75. The first-order valence-electron chi connectivity index (χ1n) is 8.09. The van der Waals surface area contributed by atoms with Gasteiger partial charge in [-0.2, -0.15) is 0 Å². The summed E-state index contributed by atoms with van der Waals surface area (Å²) in [6.07, 6.45) is 3.17. The van der Waals surface area contributed by atoms with E-state index in [9.17, 15) is 4.79 Å². The molecule has 0 fully saturated rings. The minimum Gasteiger partial charge on any atom is -0.337 e. The van der Waals surface area contributed by atoms with Crippen LogP contribution < -0.4 is 0 Å². The van der Waals surface area contributed by atoms with Gasteiger partial charge in [-0.25, -0.2) is 0 Å². The van der Waals surface area contributed by atoms with Gasteiger partial charge in [0.05, 0.1) is 6.54 Å². The van der Waals surface area contributed by atoms with Gasteiger partial charge in [0.2, 0.25) is 5.91 Å². The van der Waals surface area contributed by atoms with E-state index in [0.717, 1.165) is 43.2 Å². The lowest BCUT2D eigenvalue weighted by Gasteiger charge is -2.28. The third-order valence-electron chi connectivity index (χ3n) is 4.66. The summed E-state index contributed by atoms with van der Waals surface area (Å²) in [5.41, 5.74) is 2.48. The van der Waals surface area contributed by atoms with Crippen LogP contribution in [0.3, 0.4) is 0 Å². The van der Waals surface area contributed by atoms with Crippen molar-refractivity contribution in [3.05, 3.63) is 47.0 Å². The Morgan fingerprint density at radius 2 is 2.22 bits per heavy atom. The molecule has 1 unspecified atom stereocenters. The molecule has 4 rings (SSSR count). The van der Waals surface area contributed by atoms with Crippen molar-refractivity contribution in [2.45, 2.75) is 37.6 Å². The Morgan fingerprint density at radius 3 is 3.13 bits per heavy atom. The number of aromatic nitrogens is 3. The van der Waals surface area contributed by atoms with E-state index in [2.05, 4.69) is 33.0 Å². The molecule has 5 nitrogen and oxygen atoms in total. The van der Waals surface area contributed by atoms with Crippen molar-refractivity contribution in [2.75, 3.05) is 12.8 Å². The molecule has 2 aliphatic rings. The van der Waals surface area contributed by atoms with E-state index in [-0.39, 0.29) is 11.2 Å². The zero-order valence-corrected chi connectivity index (χ0v) is 14.1. The number of likely N-dealkylation sites (N-methyl/N-ethyl adjacent to an activating group) is 1. The summed E-state index contributed by atoms with van der Waals surface area (Å²) in [6.45, 7) is 1.51. The number of rotatable bonds is 3. The van der Waals surface area contributed by atoms with Crippen molar-refractivity contribution in [3.8, 4) is 0 Å². The molecule has 0 radical (unpaired) electrons. The third kappa shape index (κ3) is 2.65. The summed E-state index contributed by atoms with van der Waals surface area (Å²) in [5.74, 6) is 3.12. The van der Waals surface area contributed by atoms with E-state index in [4.69, 9.17) is 0 Å². The first kappa shape index (κ1) is 14.8. The molecule has 2 aromatic rings. The highest BCUT2D eigenvalue weighted by Gasteiger charge is 2.30. The van der Waals surface area contributed by atoms with Crippen LogP contribution in [0.4, 0.5) is 0 Å². The Balaban J connectivity index is 1.53. The Labute approximate surface area is 140 Å². The third-order valence-corrected chi connectivity index (χ3v) is 5.89. The highest BCUT2D eigenvalue weighted by molar-refractivity contribution is 8.00. The SMILES string of the molecule is CN(Cc1nnc2n1CCC2)C(=O)C1SCCc2ccccc21. The quantitative estimate of drug-likeness (QED) is 0.867. The van der Waals surface area contributed by atoms with Gasteiger partial charge in [0.1, 0.15) is 11.1 Å². The van der Waals surface area contributed by atoms with Crippen molar-refractivity contribution in [1.29, 1.82) is 0 Å². The van der Waals surface area contributed by atoms with Crippen molar-refractivity contribution >= 4 is 17.7 Å². The predicted octanol–water partition coefficient (Wildman–Crippen LogP) is 2.21. The molecule has 1 aromatic carbocycles. The molecule has 1 aromatic heterocycles. The van der Waals surface area contributed by atoms with Gasteiger partial charge in [-0.15, -0.1) is 22.0 Å². The Hall–Kier alpha value is -1.82. The number of fused-ring (bicyclic) bond motifs is 2. The largest absolute Gasteiger partial charge is 0.337 e. The average molecular weight is 328 g/mol. The smallest absolute Gasteiger partial charge is 0.240 e. The molecule has 0 saturated carbocycles. The second kappa shape index (κ2) is 6.00. The summed E-state index contributed by atoms with van der Waals surface area (Å²) in [5, 5.41) is 8.40. The molecule has 3 heterocycles. The van der Waals surface area contributed by atoms with Crippen LogP contribution in [0.25, 0.3) is 0 Å². The molecule has 2 aliphatic heterocycles. The van der Waals surface area contributed by atoms with Crippen LogP contribution in [0, 0.1) is 0 Å². The minimum atomic E-state index is -0.0917. The topological polar surface area (TPSA) is 51.0 Å². The maximum atomic E-state index is 12.9. The Morgan fingerprint density at radius 1 is 1.35 bits per heavy atom. The molecular formula is C17H20N4OS. The maximum Gasteiger partial charge on any atom is 0.240 e. The molecule has 0 N–H and O–H groups in total. The lowest BCUT2D eigenvalue weighted by atomic mass is 10.0. The van der Waals surface area contributed by atoms with E-state index in [1.165, 1.54) is 11.1 Å². The lowest BCUT2D eigenvalue weighted by molar-refractivity contribution is -0.130. The van der Waals surface area contributed by atoms with E-state index in [1.807, 2.05) is 13.1 Å². The van der Waals surface area contributed by atoms with Crippen LogP contribution in [-0.2, 0) is 30.7 Å². The van der Waals surface area contributed by atoms with Crippen molar-refractivity contribution in [3.63, 3.8) is 0 Å². The Kier molecular flexibility index (Phi) is 3.85. The summed E-state index contributed by atoms with van der Waals surface area (Å²) in [4.78, 5) is 14.7. The second-order valence-electron chi connectivity index (χ2n) is 6.18. The number of thioether (sulfide) groups is 1. The van der Waals surface area contributed by atoms with Gasteiger partial charge in [-0.3, -0.25) is 4.79 Å². The van der Waals surface area contributed by atoms with Crippen LogP contribution in [0.1, 0.15) is 34.4 Å². The highest BCUT2D eigenvalue weighted by Crippen LogP contribution is 2.37. The molecule has 6 heteroatoms. The predicted molar refractivity (Wildman–Crippen MR) is 90.2 cm³/mol. The van der Waals surface area contributed by atoms with E-state index >= 15 is 0 Å². The van der Waals surface area contributed by atoms with Crippen LogP contribution in [-0.4, -0.2) is 38.4 Å². The van der Waals surface area contributed by atoms with Crippen molar-refractivity contribution in [1.82, 2.24) is 19.7 Å². The van der Waals surface area contributed by atoms with Crippen LogP contribution in [0.2, 0.25) is 0 Å². The summed E-state index contributed by atoms with van der Waals surface area (Å²) in [7, 11) is 1.87. The minimum absolute atomic E-state index is 0.0917. The molecule has 0 aliphatic carbocycles. The van der Waals surface area contributed by atoms with Crippen LogP contribution >= 0.6 is 11.8 Å². The van der Waals surface area contributed by atoms with Gasteiger partial charge in [-0.1, -0.05) is 24.3 Å². The lowest BCUT2D eigenvalue weighted by Crippen LogP contribution is -2.32. The molecule has 0 spiro atoms. The number of amides is 1. The number of nitrogens with zero attached hydrogens (tertiary/aromatic N) is 4. The summed E-state index contributed by atoms with van der Waals surface area (Å²) < 4.78 is 2.16.